The van der Waals surface area contributed by atoms with E-state index in [-0.39, 0.29) is 24.9 Å². The third-order valence-corrected chi connectivity index (χ3v) is 3.96. The van der Waals surface area contributed by atoms with E-state index < -0.39 is 35.8 Å². The van der Waals surface area contributed by atoms with Gasteiger partial charge in [0.25, 0.3) is 0 Å². The lowest BCUT2D eigenvalue weighted by molar-refractivity contribution is -0.144. The molecule has 1 amide bonds. The first-order valence-corrected chi connectivity index (χ1v) is 6.98. The minimum atomic E-state index is -4.51. The number of halogens is 3. The molecule has 5 nitrogen and oxygen atoms in total. The van der Waals surface area contributed by atoms with Gasteiger partial charge in [0.1, 0.15) is 0 Å². The highest BCUT2D eigenvalue weighted by Crippen LogP contribution is 2.37. The van der Waals surface area contributed by atoms with Gasteiger partial charge in [0.15, 0.2) is 0 Å². The van der Waals surface area contributed by atoms with Gasteiger partial charge in [-0.15, -0.1) is 0 Å². The van der Waals surface area contributed by atoms with Crippen molar-refractivity contribution < 1.29 is 32.6 Å². The van der Waals surface area contributed by atoms with Crippen molar-refractivity contribution in [1.29, 1.82) is 0 Å². The summed E-state index contributed by atoms with van der Waals surface area (Å²) in [6, 6.07) is 3.83. The number of carbonyl (C=O) groups excluding carboxylic acids is 1. The number of hydrogen-bond acceptors (Lipinski definition) is 3. The SMILES string of the molecule is COC(=O)N1CCC(C(=O)O)CC1c1cccc(C(F)(F)F)c1. The standard InChI is InChI=1S/C15H16F3NO4/c1-23-14(22)19-6-5-10(13(20)21)8-12(19)9-3-2-4-11(7-9)15(16,17)18/h2-4,7,10,12H,5-6,8H2,1H3,(H,20,21). The Morgan fingerprint density at radius 1 is 1.35 bits per heavy atom. The third-order valence-electron chi connectivity index (χ3n) is 3.96. The number of hydrogen-bond donors (Lipinski definition) is 1. The fraction of sp³-hybridized carbons (Fsp3) is 0.467. The number of carboxylic acids is 1. The van der Waals surface area contributed by atoms with Crippen LogP contribution in [-0.2, 0) is 15.7 Å². The summed E-state index contributed by atoms with van der Waals surface area (Å²) < 4.78 is 43.2. The lowest BCUT2D eigenvalue weighted by atomic mass is 9.87. The average Bonchev–Trinajstić information content (AvgIpc) is 2.52. The number of carbonyl (C=O) groups is 2. The van der Waals surface area contributed by atoms with Crippen LogP contribution in [0.3, 0.4) is 0 Å². The Bertz CT molecular complexity index is 603. The molecule has 0 spiro atoms. The van der Waals surface area contributed by atoms with Crippen LogP contribution in [0.4, 0.5) is 18.0 Å². The summed E-state index contributed by atoms with van der Waals surface area (Å²) in [6.07, 6.45) is -4.91. The van der Waals surface area contributed by atoms with E-state index in [2.05, 4.69) is 4.74 Å². The molecule has 0 radical (unpaired) electrons. The molecule has 0 aliphatic carbocycles. The van der Waals surface area contributed by atoms with Gasteiger partial charge in [0.2, 0.25) is 0 Å². The number of rotatable bonds is 2. The second-order valence-electron chi connectivity index (χ2n) is 5.36. The van der Waals surface area contributed by atoms with Gasteiger partial charge in [-0.3, -0.25) is 4.79 Å². The number of carboxylic acid groups (broad SMARTS) is 1. The molecule has 0 aromatic heterocycles. The van der Waals surface area contributed by atoms with Gasteiger partial charge >= 0.3 is 18.2 Å². The van der Waals surface area contributed by atoms with Crippen molar-refractivity contribution in [3.05, 3.63) is 35.4 Å². The molecular formula is C15H16F3NO4. The number of likely N-dealkylation sites (tertiary alicyclic amines) is 1. The first kappa shape index (κ1) is 17.1. The Labute approximate surface area is 130 Å². The third kappa shape index (κ3) is 3.75. The van der Waals surface area contributed by atoms with Crippen LogP contribution in [0, 0.1) is 5.92 Å². The molecule has 126 valence electrons. The van der Waals surface area contributed by atoms with Crippen molar-refractivity contribution in [3.63, 3.8) is 0 Å². The maximum Gasteiger partial charge on any atom is 0.416 e. The first-order valence-electron chi connectivity index (χ1n) is 6.98. The Morgan fingerprint density at radius 2 is 2.04 bits per heavy atom. The molecule has 1 aliphatic heterocycles. The molecule has 1 saturated heterocycles. The Balaban J connectivity index is 2.37. The van der Waals surface area contributed by atoms with Gasteiger partial charge in [-0.05, 0) is 30.5 Å². The van der Waals surface area contributed by atoms with E-state index in [0.717, 1.165) is 12.1 Å². The van der Waals surface area contributed by atoms with Gasteiger partial charge in [0, 0.05) is 6.54 Å². The predicted molar refractivity (Wildman–Crippen MR) is 73.7 cm³/mol. The minimum Gasteiger partial charge on any atom is -0.481 e. The molecule has 0 saturated carbocycles. The quantitative estimate of drug-likeness (QED) is 0.903. The summed E-state index contributed by atoms with van der Waals surface area (Å²) in [5, 5.41) is 9.15. The molecule has 1 heterocycles. The molecule has 2 rings (SSSR count). The van der Waals surface area contributed by atoms with E-state index in [1.807, 2.05) is 0 Å². The lowest BCUT2D eigenvalue weighted by Crippen LogP contribution is -2.42. The first-order chi connectivity index (χ1) is 10.7. The average molecular weight is 331 g/mol. The lowest BCUT2D eigenvalue weighted by Gasteiger charge is -2.37. The fourth-order valence-electron chi connectivity index (χ4n) is 2.76. The zero-order valence-electron chi connectivity index (χ0n) is 12.3. The molecule has 0 bridgehead atoms. The highest BCUT2D eigenvalue weighted by Gasteiger charge is 2.37. The van der Waals surface area contributed by atoms with Crippen LogP contribution in [0.15, 0.2) is 24.3 Å². The molecule has 2 atom stereocenters. The summed E-state index contributed by atoms with van der Waals surface area (Å²) in [5.41, 5.74) is -0.589. The van der Waals surface area contributed by atoms with E-state index >= 15 is 0 Å². The van der Waals surface area contributed by atoms with Gasteiger partial charge in [-0.1, -0.05) is 12.1 Å². The van der Waals surface area contributed by atoms with Crippen LogP contribution in [0.25, 0.3) is 0 Å². The molecule has 1 fully saturated rings. The highest BCUT2D eigenvalue weighted by molar-refractivity contribution is 5.72. The van der Waals surface area contributed by atoms with Crippen LogP contribution in [0.5, 0.6) is 0 Å². The molecule has 1 aromatic rings. The maximum atomic E-state index is 12.9. The number of amides is 1. The van der Waals surface area contributed by atoms with Crippen LogP contribution < -0.4 is 0 Å². The van der Waals surface area contributed by atoms with Gasteiger partial charge in [-0.2, -0.15) is 13.2 Å². The maximum absolute atomic E-state index is 12.9. The normalized spacial score (nSPS) is 21.8. The molecule has 23 heavy (non-hydrogen) atoms. The second kappa shape index (κ2) is 6.47. The number of alkyl halides is 3. The molecule has 1 N–H and O–H groups in total. The largest absolute Gasteiger partial charge is 0.481 e. The van der Waals surface area contributed by atoms with E-state index in [1.165, 1.54) is 24.1 Å². The van der Waals surface area contributed by atoms with Crippen LogP contribution in [-0.4, -0.2) is 35.7 Å². The number of nitrogens with zero attached hydrogens (tertiary/aromatic N) is 1. The summed E-state index contributed by atoms with van der Waals surface area (Å²) in [6.45, 7) is 0.116. The number of ether oxygens (including phenoxy) is 1. The number of methoxy groups -OCH3 is 1. The highest BCUT2D eigenvalue weighted by atomic mass is 19.4. The zero-order chi connectivity index (χ0) is 17.2. The summed E-state index contributed by atoms with van der Waals surface area (Å²) in [5.74, 6) is -1.73. The smallest absolute Gasteiger partial charge is 0.416 e. The molecule has 2 unspecified atom stereocenters. The van der Waals surface area contributed by atoms with Crippen molar-refractivity contribution in [2.45, 2.75) is 25.1 Å². The van der Waals surface area contributed by atoms with E-state index in [9.17, 15) is 22.8 Å². The Morgan fingerprint density at radius 3 is 2.61 bits per heavy atom. The minimum absolute atomic E-state index is 0.0474. The number of piperidine rings is 1. The number of benzene rings is 1. The monoisotopic (exact) mass is 331 g/mol. The Hall–Kier alpha value is -2.25. The van der Waals surface area contributed by atoms with Crippen molar-refractivity contribution in [2.75, 3.05) is 13.7 Å². The van der Waals surface area contributed by atoms with Crippen LogP contribution in [0.1, 0.15) is 30.0 Å². The zero-order valence-corrected chi connectivity index (χ0v) is 12.3. The van der Waals surface area contributed by atoms with E-state index in [0.29, 0.717) is 0 Å². The molecule has 1 aliphatic rings. The predicted octanol–water partition coefficient (Wildman–Crippen LogP) is 3.31. The van der Waals surface area contributed by atoms with Crippen molar-refractivity contribution >= 4 is 12.1 Å². The topological polar surface area (TPSA) is 66.8 Å². The van der Waals surface area contributed by atoms with Crippen molar-refractivity contribution in [3.8, 4) is 0 Å². The summed E-state index contributed by atoms with van der Waals surface area (Å²) in [7, 11) is 1.18. The number of aliphatic carboxylic acids is 1. The Kier molecular flexibility index (Phi) is 4.82. The van der Waals surface area contributed by atoms with Crippen molar-refractivity contribution in [1.82, 2.24) is 4.90 Å². The van der Waals surface area contributed by atoms with E-state index in [1.54, 1.807) is 0 Å². The van der Waals surface area contributed by atoms with E-state index in [4.69, 9.17) is 5.11 Å². The summed E-state index contributed by atoms with van der Waals surface area (Å²) in [4.78, 5) is 24.3. The van der Waals surface area contributed by atoms with Gasteiger partial charge in [0.05, 0.1) is 24.6 Å². The van der Waals surface area contributed by atoms with Gasteiger partial charge in [-0.25, -0.2) is 4.79 Å². The fourth-order valence-corrected chi connectivity index (χ4v) is 2.76. The molecule has 8 heteroatoms. The molecule has 1 aromatic carbocycles. The molecular weight excluding hydrogens is 315 g/mol. The second-order valence-corrected chi connectivity index (χ2v) is 5.36. The van der Waals surface area contributed by atoms with Crippen molar-refractivity contribution in [2.24, 2.45) is 5.92 Å². The summed E-state index contributed by atoms with van der Waals surface area (Å²) >= 11 is 0. The van der Waals surface area contributed by atoms with Gasteiger partial charge < -0.3 is 14.7 Å². The van der Waals surface area contributed by atoms with Crippen LogP contribution in [0.2, 0.25) is 0 Å². The van der Waals surface area contributed by atoms with Crippen LogP contribution >= 0.6 is 0 Å².